The molecule has 0 amide bonds. The van der Waals surface area contributed by atoms with E-state index in [1.165, 1.54) is 17.7 Å². The first kappa shape index (κ1) is 14.5. The summed E-state index contributed by atoms with van der Waals surface area (Å²) in [7, 11) is 2.01. The van der Waals surface area contributed by atoms with Crippen LogP contribution in [-0.2, 0) is 19.3 Å². The van der Waals surface area contributed by atoms with E-state index in [-0.39, 0.29) is 0 Å². The van der Waals surface area contributed by atoms with Crippen molar-refractivity contribution in [3.05, 3.63) is 58.1 Å². The van der Waals surface area contributed by atoms with E-state index < -0.39 is 0 Å². The van der Waals surface area contributed by atoms with Gasteiger partial charge in [0.15, 0.2) is 0 Å². The molecule has 1 N–H and O–H groups in total. The molecule has 1 atom stereocenters. The molecule has 3 nitrogen and oxygen atoms in total. The number of aromatic nitrogens is 2. The first-order valence-electron chi connectivity index (χ1n) is 7.47. The van der Waals surface area contributed by atoms with Crippen LogP contribution in [0.3, 0.4) is 0 Å². The van der Waals surface area contributed by atoms with E-state index in [1.54, 1.807) is 0 Å². The van der Waals surface area contributed by atoms with Gasteiger partial charge in [-0.1, -0.05) is 23.7 Å². The van der Waals surface area contributed by atoms with Crippen molar-refractivity contribution in [2.45, 2.75) is 25.7 Å². The van der Waals surface area contributed by atoms with Crippen molar-refractivity contribution in [3.8, 4) is 0 Å². The number of fused-ring (bicyclic) bond motifs is 1. The van der Waals surface area contributed by atoms with Crippen LogP contribution in [0.4, 0.5) is 0 Å². The van der Waals surface area contributed by atoms with Gasteiger partial charge in [-0.3, -0.25) is 0 Å². The third-order valence-corrected chi connectivity index (χ3v) is 4.28. The lowest BCUT2D eigenvalue weighted by Gasteiger charge is -2.23. The minimum absolute atomic E-state index is 0.713. The van der Waals surface area contributed by atoms with Crippen LogP contribution in [0.1, 0.15) is 29.1 Å². The summed E-state index contributed by atoms with van der Waals surface area (Å²) in [6.07, 6.45) is 6.12. The van der Waals surface area contributed by atoms with Crippen molar-refractivity contribution < 1.29 is 0 Å². The van der Waals surface area contributed by atoms with Gasteiger partial charge in [0.25, 0.3) is 0 Å². The molecule has 1 aromatic heterocycles. The molecule has 3 rings (SSSR count). The number of rotatable bonds is 4. The number of benzene rings is 1. The molecular formula is C17H20ClN3. The summed E-state index contributed by atoms with van der Waals surface area (Å²) in [5, 5.41) is 4.03. The summed E-state index contributed by atoms with van der Waals surface area (Å²) in [4.78, 5) is 9.30. The summed E-state index contributed by atoms with van der Waals surface area (Å²) < 4.78 is 0. The van der Waals surface area contributed by atoms with E-state index >= 15 is 0 Å². The van der Waals surface area contributed by atoms with Crippen molar-refractivity contribution in [1.29, 1.82) is 0 Å². The van der Waals surface area contributed by atoms with Gasteiger partial charge in [-0.15, -0.1) is 0 Å². The van der Waals surface area contributed by atoms with Gasteiger partial charge in [-0.25, -0.2) is 9.97 Å². The minimum Gasteiger partial charge on any atom is -0.319 e. The van der Waals surface area contributed by atoms with Crippen LogP contribution in [0.25, 0.3) is 0 Å². The molecule has 0 fully saturated rings. The zero-order chi connectivity index (χ0) is 14.7. The van der Waals surface area contributed by atoms with Gasteiger partial charge in [-0.05, 0) is 62.0 Å². The molecule has 21 heavy (non-hydrogen) atoms. The lowest BCUT2D eigenvalue weighted by atomic mass is 9.87. The number of aryl methyl sites for hydroxylation is 1. The number of halogens is 1. The monoisotopic (exact) mass is 301 g/mol. The van der Waals surface area contributed by atoms with Crippen molar-refractivity contribution in [3.63, 3.8) is 0 Å². The van der Waals surface area contributed by atoms with Crippen molar-refractivity contribution >= 4 is 11.6 Å². The molecule has 1 aliphatic rings. The molecule has 2 aromatic rings. The Balaban J connectivity index is 1.75. The molecular weight excluding hydrogens is 282 g/mol. The van der Waals surface area contributed by atoms with Gasteiger partial charge < -0.3 is 5.32 Å². The Labute approximate surface area is 130 Å². The second-order valence-electron chi connectivity index (χ2n) is 5.73. The standard InChI is InChI=1S/C17H20ClN3/c1-19-10-13-5-6-16-14(7-13)11-20-17(21-16)9-12-3-2-4-15(18)8-12/h2-4,8,11,13,19H,5-7,9-10H2,1H3. The zero-order valence-electron chi connectivity index (χ0n) is 12.3. The van der Waals surface area contributed by atoms with Gasteiger partial charge >= 0.3 is 0 Å². The Kier molecular flexibility index (Phi) is 4.51. The smallest absolute Gasteiger partial charge is 0.132 e. The largest absolute Gasteiger partial charge is 0.319 e. The van der Waals surface area contributed by atoms with E-state index in [0.29, 0.717) is 5.92 Å². The normalized spacial score (nSPS) is 17.5. The molecule has 0 aliphatic heterocycles. The fourth-order valence-electron chi connectivity index (χ4n) is 3.00. The van der Waals surface area contributed by atoms with Crippen molar-refractivity contribution in [2.75, 3.05) is 13.6 Å². The van der Waals surface area contributed by atoms with E-state index in [4.69, 9.17) is 16.6 Å². The highest BCUT2D eigenvalue weighted by Crippen LogP contribution is 2.24. The molecule has 1 unspecified atom stereocenters. The topological polar surface area (TPSA) is 37.8 Å². The summed E-state index contributed by atoms with van der Waals surface area (Å²) in [5.74, 6) is 1.60. The van der Waals surface area contributed by atoms with Gasteiger partial charge in [0.2, 0.25) is 0 Å². The number of nitrogens with one attached hydrogen (secondary N) is 1. The lowest BCUT2D eigenvalue weighted by molar-refractivity contribution is 0.433. The molecule has 0 saturated carbocycles. The minimum atomic E-state index is 0.713. The molecule has 110 valence electrons. The highest BCUT2D eigenvalue weighted by Gasteiger charge is 2.19. The predicted octanol–water partition coefficient (Wildman–Crippen LogP) is 3.05. The third kappa shape index (κ3) is 3.60. The number of hydrogen-bond acceptors (Lipinski definition) is 3. The van der Waals surface area contributed by atoms with Crippen LogP contribution in [-0.4, -0.2) is 23.6 Å². The van der Waals surface area contributed by atoms with E-state index in [9.17, 15) is 0 Å². The Morgan fingerprint density at radius 2 is 2.29 bits per heavy atom. The van der Waals surface area contributed by atoms with Crippen LogP contribution in [0, 0.1) is 5.92 Å². The summed E-state index contributed by atoms with van der Waals surface area (Å²) in [6, 6.07) is 7.91. The maximum atomic E-state index is 6.03. The van der Waals surface area contributed by atoms with Crippen LogP contribution in [0.15, 0.2) is 30.5 Å². The molecule has 1 aromatic carbocycles. The summed E-state index contributed by atoms with van der Waals surface area (Å²) >= 11 is 6.03. The average Bonchev–Trinajstić information content (AvgIpc) is 2.48. The molecule has 1 heterocycles. The van der Waals surface area contributed by atoms with Crippen LogP contribution < -0.4 is 5.32 Å². The van der Waals surface area contributed by atoms with E-state index in [0.717, 1.165) is 42.2 Å². The van der Waals surface area contributed by atoms with Gasteiger partial charge in [-0.2, -0.15) is 0 Å². The second-order valence-corrected chi connectivity index (χ2v) is 6.17. The Bertz CT molecular complexity index is 627. The number of hydrogen-bond donors (Lipinski definition) is 1. The predicted molar refractivity (Wildman–Crippen MR) is 85.7 cm³/mol. The maximum absolute atomic E-state index is 6.03. The highest BCUT2D eigenvalue weighted by molar-refractivity contribution is 6.30. The van der Waals surface area contributed by atoms with Crippen LogP contribution in [0.5, 0.6) is 0 Å². The van der Waals surface area contributed by atoms with E-state index in [1.807, 2.05) is 31.4 Å². The molecule has 0 spiro atoms. The number of nitrogens with zero attached hydrogens (tertiary/aromatic N) is 2. The first-order chi connectivity index (χ1) is 10.2. The fourth-order valence-corrected chi connectivity index (χ4v) is 3.21. The van der Waals surface area contributed by atoms with Gasteiger partial charge in [0, 0.05) is 23.3 Å². The fraction of sp³-hybridized carbons (Fsp3) is 0.412. The second kappa shape index (κ2) is 6.54. The molecule has 1 aliphatic carbocycles. The van der Waals surface area contributed by atoms with Gasteiger partial charge in [0.1, 0.15) is 5.82 Å². The Hall–Kier alpha value is -1.45. The molecule has 0 saturated heterocycles. The first-order valence-corrected chi connectivity index (χ1v) is 7.85. The molecule has 4 heteroatoms. The Morgan fingerprint density at radius 3 is 3.10 bits per heavy atom. The van der Waals surface area contributed by atoms with Crippen molar-refractivity contribution in [2.24, 2.45) is 5.92 Å². The van der Waals surface area contributed by atoms with E-state index in [2.05, 4.69) is 16.4 Å². The van der Waals surface area contributed by atoms with Crippen LogP contribution >= 0.6 is 11.6 Å². The molecule has 0 radical (unpaired) electrons. The van der Waals surface area contributed by atoms with Crippen molar-refractivity contribution in [1.82, 2.24) is 15.3 Å². The average molecular weight is 302 g/mol. The Morgan fingerprint density at radius 1 is 1.38 bits per heavy atom. The third-order valence-electron chi connectivity index (χ3n) is 4.05. The summed E-state index contributed by atoms with van der Waals surface area (Å²) in [6.45, 7) is 1.07. The highest BCUT2D eigenvalue weighted by atomic mass is 35.5. The van der Waals surface area contributed by atoms with Crippen LogP contribution in [0.2, 0.25) is 5.02 Å². The summed E-state index contributed by atoms with van der Waals surface area (Å²) in [5.41, 5.74) is 3.71. The SMILES string of the molecule is CNCC1CCc2nc(Cc3cccc(Cl)c3)ncc2C1. The quantitative estimate of drug-likeness (QED) is 0.943. The molecule has 0 bridgehead atoms. The van der Waals surface area contributed by atoms with Gasteiger partial charge in [0.05, 0.1) is 0 Å². The maximum Gasteiger partial charge on any atom is 0.132 e. The zero-order valence-corrected chi connectivity index (χ0v) is 13.0. The lowest BCUT2D eigenvalue weighted by Crippen LogP contribution is -2.25.